The molecule has 1 aliphatic heterocycles. The molecule has 0 spiro atoms. The lowest BCUT2D eigenvalue weighted by Gasteiger charge is -2.22. The first-order valence-corrected chi connectivity index (χ1v) is 6.15. The molecule has 1 heterocycles. The Balaban J connectivity index is 1.97. The van der Waals surface area contributed by atoms with Gasteiger partial charge in [-0.2, -0.15) is 0 Å². The number of rotatable bonds is 4. The van der Waals surface area contributed by atoms with Gasteiger partial charge in [0.05, 0.1) is 19.6 Å². The fraction of sp³-hybridized carbons (Fsp3) is 0.500. The second-order valence-corrected chi connectivity index (χ2v) is 4.44. The van der Waals surface area contributed by atoms with E-state index < -0.39 is 5.79 Å². The zero-order chi connectivity index (χ0) is 13.0. The predicted octanol–water partition coefficient (Wildman–Crippen LogP) is 2.44. The van der Waals surface area contributed by atoms with E-state index in [1.807, 2.05) is 30.3 Å². The fourth-order valence-corrected chi connectivity index (χ4v) is 2.02. The number of carbonyl (C=O) groups excluding carboxylic acids is 1. The maximum Gasteiger partial charge on any atom is 0.311 e. The average molecular weight is 250 g/mol. The van der Waals surface area contributed by atoms with Crippen LogP contribution in [0.1, 0.15) is 31.9 Å². The molecule has 0 bridgehead atoms. The highest BCUT2D eigenvalue weighted by Crippen LogP contribution is 2.35. The molecule has 1 fully saturated rings. The highest BCUT2D eigenvalue weighted by molar-refractivity contribution is 5.70. The first-order chi connectivity index (χ1) is 8.63. The molecule has 2 rings (SSSR count). The molecule has 0 N–H and O–H groups in total. The number of esters is 1. The van der Waals surface area contributed by atoms with Crippen LogP contribution in [0, 0.1) is 0 Å². The van der Waals surface area contributed by atoms with E-state index in [1.165, 1.54) is 0 Å². The van der Waals surface area contributed by atoms with Gasteiger partial charge in [0.1, 0.15) is 6.10 Å². The van der Waals surface area contributed by atoms with Crippen molar-refractivity contribution in [3.63, 3.8) is 0 Å². The van der Waals surface area contributed by atoms with Crippen LogP contribution in [0.25, 0.3) is 0 Å². The van der Waals surface area contributed by atoms with Crippen molar-refractivity contribution in [1.82, 2.24) is 0 Å². The number of benzene rings is 1. The second-order valence-electron chi connectivity index (χ2n) is 4.44. The molecule has 0 aromatic heterocycles. The molecule has 1 saturated heterocycles. The third-order valence-electron chi connectivity index (χ3n) is 2.87. The van der Waals surface area contributed by atoms with Crippen molar-refractivity contribution in [2.24, 2.45) is 0 Å². The average Bonchev–Trinajstić information content (AvgIpc) is 2.73. The molecule has 1 aromatic carbocycles. The van der Waals surface area contributed by atoms with Crippen molar-refractivity contribution in [3.8, 4) is 0 Å². The zero-order valence-electron chi connectivity index (χ0n) is 10.7. The minimum absolute atomic E-state index is 0.115. The summed E-state index contributed by atoms with van der Waals surface area (Å²) in [5, 5.41) is 0. The molecular formula is C14H18O4. The topological polar surface area (TPSA) is 44.8 Å². The summed E-state index contributed by atoms with van der Waals surface area (Å²) in [5.74, 6) is -1.18. The van der Waals surface area contributed by atoms with Crippen molar-refractivity contribution < 1.29 is 19.0 Å². The van der Waals surface area contributed by atoms with Crippen LogP contribution in [0.15, 0.2) is 30.3 Å². The van der Waals surface area contributed by atoms with E-state index in [0.29, 0.717) is 13.2 Å². The van der Waals surface area contributed by atoms with Gasteiger partial charge in [0.2, 0.25) is 0 Å². The van der Waals surface area contributed by atoms with Crippen LogP contribution < -0.4 is 0 Å². The van der Waals surface area contributed by atoms with E-state index in [2.05, 4.69) is 0 Å². The Bertz CT molecular complexity index is 404. The van der Waals surface area contributed by atoms with E-state index in [0.717, 1.165) is 5.56 Å². The Morgan fingerprint density at radius 3 is 2.83 bits per heavy atom. The minimum atomic E-state index is -0.882. The van der Waals surface area contributed by atoms with Crippen molar-refractivity contribution in [3.05, 3.63) is 35.9 Å². The normalized spacial score (nSPS) is 27.1. The first-order valence-electron chi connectivity index (χ1n) is 6.15. The highest BCUT2D eigenvalue weighted by atomic mass is 16.7. The quantitative estimate of drug-likeness (QED) is 0.770. The third-order valence-corrected chi connectivity index (χ3v) is 2.87. The first kappa shape index (κ1) is 13.1. The lowest BCUT2D eigenvalue weighted by molar-refractivity contribution is -0.180. The number of hydrogen-bond donors (Lipinski definition) is 0. The van der Waals surface area contributed by atoms with E-state index in [-0.39, 0.29) is 18.5 Å². The van der Waals surface area contributed by atoms with Gasteiger partial charge >= 0.3 is 5.97 Å². The number of hydrogen-bond acceptors (Lipinski definition) is 4. The summed E-state index contributed by atoms with van der Waals surface area (Å²) in [5.41, 5.74) is 1.06. The molecule has 18 heavy (non-hydrogen) atoms. The Hall–Kier alpha value is -1.39. The van der Waals surface area contributed by atoms with Crippen LogP contribution in [0.5, 0.6) is 0 Å². The molecule has 0 amide bonds. The maximum absolute atomic E-state index is 11.5. The Labute approximate surface area is 107 Å². The summed E-state index contributed by atoms with van der Waals surface area (Å²) >= 11 is 0. The van der Waals surface area contributed by atoms with E-state index in [1.54, 1.807) is 13.8 Å². The van der Waals surface area contributed by atoms with Gasteiger partial charge in [0.25, 0.3) is 0 Å². The van der Waals surface area contributed by atoms with Crippen LogP contribution in [0.3, 0.4) is 0 Å². The summed E-state index contributed by atoms with van der Waals surface area (Å²) < 4.78 is 16.3. The lowest BCUT2D eigenvalue weighted by Crippen LogP contribution is -2.30. The molecule has 0 saturated carbocycles. The van der Waals surface area contributed by atoms with Crippen LogP contribution in [0.2, 0.25) is 0 Å². The number of ether oxygens (including phenoxy) is 3. The van der Waals surface area contributed by atoms with Gasteiger partial charge < -0.3 is 14.2 Å². The van der Waals surface area contributed by atoms with Gasteiger partial charge in [-0.25, -0.2) is 0 Å². The standard InChI is InChI=1S/C14H18O4/c1-3-16-13(15)9-14(2)17-10-12(18-14)11-7-5-4-6-8-11/h4-8,12H,3,9-10H2,1-2H3/t12-,14-/m0/s1. The second kappa shape index (κ2) is 5.50. The summed E-state index contributed by atoms with van der Waals surface area (Å²) in [6.07, 6.45) is -0.00454. The fourth-order valence-electron chi connectivity index (χ4n) is 2.02. The molecule has 4 heteroatoms. The molecule has 0 unspecified atom stereocenters. The van der Waals surface area contributed by atoms with Crippen molar-refractivity contribution in [1.29, 1.82) is 0 Å². The molecule has 2 atom stereocenters. The third kappa shape index (κ3) is 3.09. The summed E-state index contributed by atoms with van der Waals surface area (Å²) in [6, 6.07) is 9.85. The molecule has 98 valence electrons. The van der Waals surface area contributed by atoms with E-state index >= 15 is 0 Å². The summed E-state index contributed by atoms with van der Waals surface area (Å²) in [7, 11) is 0. The van der Waals surface area contributed by atoms with Gasteiger partial charge in [-0.05, 0) is 19.4 Å². The van der Waals surface area contributed by atoms with Gasteiger partial charge in [0.15, 0.2) is 5.79 Å². The summed E-state index contributed by atoms with van der Waals surface area (Å²) in [6.45, 7) is 4.38. The Kier molecular flexibility index (Phi) is 3.99. The smallest absolute Gasteiger partial charge is 0.311 e. The predicted molar refractivity (Wildman–Crippen MR) is 65.9 cm³/mol. The van der Waals surface area contributed by atoms with Crippen molar-refractivity contribution in [2.75, 3.05) is 13.2 Å². The molecule has 0 aliphatic carbocycles. The largest absolute Gasteiger partial charge is 0.466 e. The van der Waals surface area contributed by atoms with Gasteiger partial charge in [0, 0.05) is 0 Å². The maximum atomic E-state index is 11.5. The molecule has 1 aliphatic rings. The zero-order valence-corrected chi connectivity index (χ0v) is 10.7. The molecule has 4 nitrogen and oxygen atoms in total. The van der Waals surface area contributed by atoms with Crippen LogP contribution in [0.4, 0.5) is 0 Å². The summed E-state index contributed by atoms with van der Waals surface area (Å²) in [4.78, 5) is 11.5. The monoisotopic (exact) mass is 250 g/mol. The van der Waals surface area contributed by atoms with Crippen molar-refractivity contribution in [2.45, 2.75) is 32.2 Å². The molecule has 0 radical (unpaired) electrons. The SMILES string of the molecule is CCOC(=O)C[C@@]1(C)OC[C@@H](c2ccccc2)O1. The van der Waals surface area contributed by atoms with E-state index in [9.17, 15) is 4.79 Å². The Morgan fingerprint density at radius 1 is 1.44 bits per heavy atom. The van der Waals surface area contributed by atoms with Gasteiger partial charge in [-0.3, -0.25) is 4.79 Å². The van der Waals surface area contributed by atoms with Crippen LogP contribution >= 0.6 is 0 Å². The van der Waals surface area contributed by atoms with Crippen LogP contribution in [-0.4, -0.2) is 25.0 Å². The van der Waals surface area contributed by atoms with Crippen molar-refractivity contribution >= 4 is 5.97 Å². The number of carbonyl (C=O) groups is 1. The Morgan fingerprint density at radius 2 is 2.17 bits per heavy atom. The minimum Gasteiger partial charge on any atom is -0.466 e. The molecule has 1 aromatic rings. The lowest BCUT2D eigenvalue weighted by atomic mass is 10.1. The van der Waals surface area contributed by atoms with Crippen LogP contribution in [-0.2, 0) is 19.0 Å². The van der Waals surface area contributed by atoms with E-state index in [4.69, 9.17) is 14.2 Å². The van der Waals surface area contributed by atoms with Gasteiger partial charge in [-0.1, -0.05) is 30.3 Å². The molecular weight excluding hydrogens is 232 g/mol. The highest BCUT2D eigenvalue weighted by Gasteiger charge is 2.40. The van der Waals surface area contributed by atoms with Gasteiger partial charge in [-0.15, -0.1) is 0 Å².